The molecule has 0 N–H and O–H groups in total. The summed E-state index contributed by atoms with van der Waals surface area (Å²) in [4.78, 5) is 26.3. The lowest BCUT2D eigenvalue weighted by Gasteiger charge is -2.16. The summed E-state index contributed by atoms with van der Waals surface area (Å²) in [6.45, 7) is 0.480. The van der Waals surface area contributed by atoms with E-state index >= 15 is 0 Å². The Bertz CT molecular complexity index is 1090. The molecule has 1 fully saturated rings. The highest BCUT2D eigenvalue weighted by atomic mass is 16.7. The standard InChI is InChI=1S/C22H18N2O6/c25-21-9-15(11-24(21)17-4-2-1-3-5-17)22(26)27-12-16-10-19(30-23-16)14-6-7-18-20(8-14)29-13-28-18/h1-8,10,15H,9,11-13H2. The van der Waals surface area contributed by atoms with Gasteiger partial charge in [0.25, 0.3) is 0 Å². The van der Waals surface area contributed by atoms with Gasteiger partial charge in [-0.2, -0.15) is 0 Å². The molecule has 8 heteroatoms. The first kappa shape index (κ1) is 18.2. The Morgan fingerprint density at radius 3 is 2.80 bits per heavy atom. The van der Waals surface area contributed by atoms with Crippen LogP contribution in [-0.4, -0.2) is 30.4 Å². The van der Waals surface area contributed by atoms with Crippen LogP contribution in [0.2, 0.25) is 0 Å². The second kappa shape index (κ2) is 7.55. The fourth-order valence-electron chi connectivity index (χ4n) is 3.55. The number of hydrogen-bond acceptors (Lipinski definition) is 7. The van der Waals surface area contributed by atoms with Gasteiger partial charge in [-0.05, 0) is 30.3 Å². The molecule has 5 rings (SSSR count). The first-order valence-corrected chi connectivity index (χ1v) is 9.55. The van der Waals surface area contributed by atoms with E-state index < -0.39 is 11.9 Å². The second-order valence-electron chi connectivity index (χ2n) is 7.10. The molecule has 1 atom stereocenters. The van der Waals surface area contributed by atoms with Gasteiger partial charge in [-0.3, -0.25) is 9.59 Å². The molecule has 8 nitrogen and oxygen atoms in total. The van der Waals surface area contributed by atoms with E-state index in [1.807, 2.05) is 36.4 Å². The van der Waals surface area contributed by atoms with E-state index in [9.17, 15) is 9.59 Å². The molecule has 1 unspecified atom stereocenters. The van der Waals surface area contributed by atoms with E-state index in [1.54, 1.807) is 23.1 Å². The van der Waals surface area contributed by atoms with Gasteiger partial charge < -0.3 is 23.6 Å². The fraction of sp³-hybridized carbons (Fsp3) is 0.227. The van der Waals surface area contributed by atoms with Crippen molar-refractivity contribution < 1.29 is 28.3 Å². The van der Waals surface area contributed by atoms with Crippen molar-refractivity contribution in [3.8, 4) is 22.8 Å². The number of para-hydroxylation sites is 1. The number of ether oxygens (including phenoxy) is 3. The molecule has 0 aliphatic carbocycles. The monoisotopic (exact) mass is 406 g/mol. The van der Waals surface area contributed by atoms with Gasteiger partial charge in [-0.25, -0.2) is 0 Å². The lowest BCUT2D eigenvalue weighted by atomic mass is 10.1. The van der Waals surface area contributed by atoms with Crippen molar-refractivity contribution in [3.63, 3.8) is 0 Å². The van der Waals surface area contributed by atoms with E-state index in [1.165, 1.54) is 0 Å². The summed E-state index contributed by atoms with van der Waals surface area (Å²) in [5, 5.41) is 3.96. The maximum absolute atomic E-state index is 12.5. The molecule has 2 aliphatic heterocycles. The Hall–Kier alpha value is -3.81. The number of hydrogen-bond donors (Lipinski definition) is 0. The number of anilines is 1. The molecule has 3 aromatic rings. The van der Waals surface area contributed by atoms with E-state index in [2.05, 4.69) is 5.16 Å². The van der Waals surface area contributed by atoms with E-state index in [0.717, 1.165) is 11.3 Å². The maximum atomic E-state index is 12.5. The van der Waals surface area contributed by atoms with Crippen LogP contribution in [0.1, 0.15) is 12.1 Å². The predicted octanol–water partition coefficient (Wildman–Crippen LogP) is 3.17. The average Bonchev–Trinajstić information content (AvgIpc) is 3.51. The number of carbonyl (C=O) groups is 2. The second-order valence-corrected chi connectivity index (χ2v) is 7.10. The van der Waals surface area contributed by atoms with Crippen molar-refractivity contribution >= 4 is 17.6 Å². The van der Waals surface area contributed by atoms with Crippen LogP contribution in [0.4, 0.5) is 5.69 Å². The Morgan fingerprint density at radius 1 is 1.10 bits per heavy atom. The van der Waals surface area contributed by atoms with Crippen LogP contribution in [0, 0.1) is 5.92 Å². The Balaban J connectivity index is 1.20. The van der Waals surface area contributed by atoms with E-state index in [-0.39, 0.29) is 25.7 Å². The van der Waals surface area contributed by atoms with E-state index in [0.29, 0.717) is 29.5 Å². The lowest BCUT2D eigenvalue weighted by Crippen LogP contribution is -2.26. The van der Waals surface area contributed by atoms with Gasteiger partial charge in [0.15, 0.2) is 17.3 Å². The highest BCUT2D eigenvalue weighted by molar-refractivity contribution is 5.99. The van der Waals surface area contributed by atoms with Crippen molar-refractivity contribution in [2.45, 2.75) is 13.0 Å². The largest absolute Gasteiger partial charge is 0.459 e. The highest BCUT2D eigenvalue weighted by Gasteiger charge is 2.36. The van der Waals surface area contributed by atoms with Crippen LogP contribution >= 0.6 is 0 Å². The molecule has 1 aromatic heterocycles. The van der Waals surface area contributed by atoms with Gasteiger partial charge in [0.05, 0.1) is 5.92 Å². The van der Waals surface area contributed by atoms with Gasteiger partial charge in [0.1, 0.15) is 12.3 Å². The normalized spacial score (nSPS) is 17.4. The predicted molar refractivity (Wildman–Crippen MR) is 105 cm³/mol. The van der Waals surface area contributed by atoms with Crippen LogP contribution < -0.4 is 14.4 Å². The molecule has 0 spiro atoms. The SMILES string of the molecule is O=C(OCc1cc(-c2ccc3c(c2)OCO3)on1)C1CC(=O)N(c2ccccc2)C1. The van der Waals surface area contributed by atoms with Crippen LogP contribution in [0.3, 0.4) is 0 Å². The van der Waals surface area contributed by atoms with Gasteiger partial charge in [-0.1, -0.05) is 23.4 Å². The summed E-state index contributed by atoms with van der Waals surface area (Å²) in [6.07, 6.45) is 0.134. The minimum absolute atomic E-state index is 0.0249. The Labute approximate surface area is 171 Å². The molecule has 0 radical (unpaired) electrons. The fourth-order valence-corrected chi connectivity index (χ4v) is 3.55. The lowest BCUT2D eigenvalue weighted by molar-refractivity contribution is -0.149. The van der Waals surface area contributed by atoms with Crippen LogP contribution in [0.15, 0.2) is 59.1 Å². The van der Waals surface area contributed by atoms with Crippen molar-refractivity contribution in [2.24, 2.45) is 5.92 Å². The first-order valence-electron chi connectivity index (χ1n) is 9.55. The summed E-state index contributed by atoms with van der Waals surface area (Å²) in [6, 6.07) is 16.4. The number of carbonyl (C=O) groups excluding carboxylic acids is 2. The maximum Gasteiger partial charge on any atom is 0.311 e. The third-order valence-corrected chi connectivity index (χ3v) is 5.10. The number of rotatable bonds is 5. The number of aromatic nitrogens is 1. The highest BCUT2D eigenvalue weighted by Crippen LogP contribution is 2.36. The Morgan fingerprint density at radius 2 is 1.93 bits per heavy atom. The molecule has 1 saturated heterocycles. The molecule has 0 bridgehead atoms. The molecule has 152 valence electrons. The summed E-state index contributed by atoms with van der Waals surface area (Å²) in [5.41, 5.74) is 2.05. The van der Waals surface area contributed by atoms with Gasteiger partial charge in [-0.15, -0.1) is 0 Å². The molecule has 3 heterocycles. The molecular weight excluding hydrogens is 388 g/mol. The minimum Gasteiger partial charge on any atom is -0.459 e. The zero-order valence-corrected chi connectivity index (χ0v) is 15.9. The average molecular weight is 406 g/mol. The Kier molecular flexibility index (Phi) is 4.59. The van der Waals surface area contributed by atoms with Gasteiger partial charge in [0.2, 0.25) is 12.7 Å². The third-order valence-electron chi connectivity index (χ3n) is 5.10. The van der Waals surface area contributed by atoms with Crippen molar-refractivity contribution in [2.75, 3.05) is 18.2 Å². The van der Waals surface area contributed by atoms with E-state index in [4.69, 9.17) is 18.7 Å². The number of esters is 1. The topological polar surface area (TPSA) is 91.1 Å². The number of nitrogens with zero attached hydrogens (tertiary/aromatic N) is 2. The smallest absolute Gasteiger partial charge is 0.311 e. The summed E-state index contributed by atoms with van der Waals surface area (Å²) in [7, 11) is 0. The minimum atomic E-state index is -0.502. The third kappa shape index (κ3) is 3.47. The molecule has 2 aliphatic rings. The molecular formula is C22H18N2O6. The first-order chi connectivity index (χ1) is 14.7. The number of fused-ring (bicyclic) bond motifs is 1. The zero-order valence-electron chi connectivity index (χ0n) is 15.9. The van der Waals surface area contributed by atoms with Gasteiger partial charge in [0, 0.05) is 30.3 Å². The zero-order chi connectivity index (χ0) is 20.5. The van der Waals surface area contributed by atoms with Crippen LogP contribution in [0.25, 0.3) is 11.3 Å². The van der Waals surface area contributed by atoms with Crippen LogP contribution in [-0.2, 0) is 20.9 Å². The van der Waals surface area contributed by atoms with Crippen LogP contribution in [0.5, 0.6) is 11.5 Å². The van der Waals surface area contributed by atoms with Crippen molar-refractivity contribution in [1.29, 1.82) is 0 Å². The van der Waals surface area contributed by atoms with Gasteiger partial charge >= 0.3 is 5.97 Å². The number of amides is 1. The molecule has 30 heavy (non-hydrogen) atoms. The quantitative estimate of drug-likeness (QED) is 0.601. The molecule has 0 saturated carbocycles. The summed E-state index contributed by atoms with van der Waals surface area (Å²) in [5.74, 6) is 0.849. The van der Waals surface area contributed by atoms with Crippen molar-refractivity contribution in [3.05, 3.63) is 60.3 Å². The molecule has 2 aromatic carbocycles. The summed E-state index contributed by atoms with van der Waals surface area (Å²) >= 11 is 0. The molecule has 1 amide bonds. The number of benzene rings is 2. The van der Waals surface area contributed by atoms with Crippen molar-refractivity contribution in [1.82, 2.24) is 5.16 Å². The summed E-state index contributed by atoms with van der Waals surface area (Å²) < 4.78 is 21.4.